The van der Waals surface area contributed by atoms with E-state index in [-0.39, 0.29) is 18.4 Å². The minimum absolute atomic E-state index is 0.0117. The van der Waals surface area contributed by atoms with E-state index in [9.17, 15) is 9.59 Å². The number of hydrogen-bond donors (Lipinski definition) is 0. The summed E-state index contributed by atoms with van der Waals surface area (Å²) in [7, 11) is 1.67. The molecule has 0 heterocycles. The topological polar surface area (TPSA) is 40.6 Å². The fourth-order valence-corrected chi connectivity index (χ4v) is 2.19. The lowest BCUT2D eigenvalue weighted by atomic mass is 10.1. The number of halogens is 1. The summed E-state index contributed by atoms with van der Waals surface area (Å²) in [6, 6.07) is 7.46. The Morgan fingerprint density at radius 1 is 1.05 bits per heavy atom. The zero-order valence-corrected chi connectivity index (χ0v) is 13.7. The third-order valence-corrected chi connectivity index (χ3v) is 3.71. The molecule has 0 aliphatic heterocycles. The second-order valence-electron chi connectivity index (χ2n) is 4.94. The lowest BCUT2D eigenvalue weighted by Crippen LogP contribution is -2.41. The van der Waals surface area contributed by atoms with Gasteiger partial charge in [0.25, 0.3) is 0 Å². The minimum atomic E-state index is -0.0227. The van der Waals surface area contributed by atoms with Crippen LogP contribution in [-0.4, -0.2) is 48.3 Å². The van der Waals surface area contributed by atoms with Crippen molar-refractivity contribution in [1.82, 2.24) is 9.80 Å². The summed E-state index contributed by atoms with van der Waals surface area (Å²) in [6.07, 6.45) is 1.05. The monoisotopic (exact) mass is 310 g/mol. The Balaban J connectivity index is 2.44. The molecule has 1 aromatic rings. The average molecular weight is 311 g/mol. The molecule has 4 nitrogen and oxygen atoms in total. The number of rotatable bonds is 7. The van der Waals surface area contributed by atoms with Gasteiger partial charge in [-0.15, -0.1) is 0 Å². The predicted molar refractivity (Wildman–Crippen MR) is 85.3 cm³/mol. The van der Waals surface area contributed by atoms with E-state index in [1.54, 1.807) is 11.9 Å². The highest BCUT2D eigenvalue weighted by Crippen LogP contribution is 2.11. The van der Waals surface area contributed by atoms with Crippen LogP contribution in [0.1, 0.15) is 25.8 Å². The minimum Gasteiger partial charge on any atom is -0.342 e. The smallest absolute Gasteiger partial charge is 0.242 e. The van der Waals surface area contributed by atoms with E-state index in [0.717, 1.165) is 5.56 Å². The van der Waals surface area contributed by atoms with Crippen LogP contribution >= 0.6 is 11.6 Å². The predicted octanol–water partition coefficient (Wildman–Crippen LogP) is 2.60. The van der Waals surface area contributed by atoms with Gasteiger partial charge in [-0.2, -0.15) is 0 Å². The van der Waals surface area contributed by atoms with Crippen LogP contribution in [-0.2, 0) is 16.0 Å². The van der Waals surface area contributed by atoms with Gasteiger partial charge in [-0.3, -0.25) is 9.59 Å². The summed E-state index contributed by atoms with van der Waals surface area (Å²) in [4.78, 5) is 27.2. The quantitative estimate of drug-likeness (QED) is 0.776. The number of likely N-dealkylation sites (N-methyl/N-ethyl adjacent to an activating group) is 2. The van der Waals surface area contributed by atoms with Crippen LogP contribution in [0.15, 0.2) is 24.3 Å². The molecule has 0 N–H and O–H groups in total. The van der Waals surface area contributed by atoms with Crippen molar-refractivity contribution in [2.45, 2.75) is 26.7 Å². The second kappa shape index (κ2) is 8.67. The summed E-state index contributed by atoms with van der Waals surface area (Å²) < 4.78 is 0. The normalized spacial score (nSPS) is 10.3. The Morgan fingerprint density at radius 2 is 1.62 bits per heavy atom. The molecule has 1 aromatic carbocycles. The van der Waals surface area contributed by atoms with E-state index < -0.39 is 0 Å². The van der Waals surface area contributed by atoms with E-state index in [4.69, 9.17) is 11.6 Å². The highest BCUT2D eigenvalue weighted by Gasteiger charge is 2.16. The van der Waals surface area contributed by atoms with Gasteiger partial charge < -0.3 is 9.80 Å². The van der Waals surface area contributed by atoms with Gasteiger partial charge in [0, 0.05) is 31.6 Å². The zero-order chi connectivity index (χ0) is 15.8. The third kappa shape index (κ3) is 5.76. The van der Waals surface area contributed by atoms with Crippen molar-refractivity contribution in [1.29, 1.82) is 0 Å². The van der Waals surface area contributed by atoms with Gasteiger partial charge in [0.05, 0.1) is 6.54 Å². The van der Waals surface area contributed by atoms with Crippen molar-refractivity contribution < 1.29 is 9.59 Å². The lowest BCUT2D eigenvalue weighted by molar-refractivity contribution is -0.139. The van der Waals surface area contributed by atoms with Crippen molar-refractivity contribution in [3.05, 3.63) is 34.9 Å². The molecular formula is C16H23ClN2O2. The summed E-state index contributed by atoms with van der Waals surface area (Å²) in [5.41, 5.74) is 1.07. The Labute approximate surface area is 131 Å². The van der Waals surface area contributed by atoms with Crippen molar-refractivity contribution in [3.8, 4) is 0 Å². The number of hydrogen-bond acceptors (Lipinski definition) is 2. The van der Waals surface area contributed by atoms with Gasteiger partial charge in [0.1, 0.15) is 0 Å². The highest BCUT2D eigenvalue weighted by atomic mass is 35.5. The first-order chi connectivity index (χ1) is 9.97. The van der Waals surface area contributed by atoms with E-state index >= 15 is 0 Å². The molecule has 0 unspecified atom stereocenters. The fourth-order valence-electron chi connectivity index (χ4n) is 2.06. The SMILES string of the molecule is CCN(CC)C(=O)CN(C)C(=O)CCc1ccc(Cl)cc1. The maximum Gasteiger partial charge on any atom is 0.242 e. The molecule has 5 heteroatoms. The molecule has 1 rings (SSSR count). The van der Waals surface area contributed by atoms with Crippen LogP contribution in [0.2, 0.25) is 5.02 Å². The molecule has 0 aliphatic carbocycles. The van der Waals surface area contributed by atoms with Gasteiger partial charge in [-0.05, 0) is 38.0 Å². The molecule has 0 fully saturated rings. The van der Waals surface area contributed by atoms with E-state index in [1.165, 1.54) is 4.90 Å². The molecule has 116 valence electrons. The van der Waals surface area contributed by atoms with Crippen LogP contribution in [0.5, 0.6) is 0 Å². The molecular weight excluding hydrogens is 288 g/mol. The van der Waals surface area contributed by atoms with E-state index in [2.05, 4.69) is 0 Å². The Morgan fingerprint density at radius 3 is 2.14 bits per heavy atom. The first-order valence-corrected chi connectivity index (χ1v) is 7.61. The number of carbonyl (C=O) groups excluding carboxylic acids is 2. The van der Waals surface area contributed by atoms with Crippen LogP contribution in [0, 0.1) is 0 Å². The molecule has 0 saturated carbocycles. The zero-order valence-electron chi connectivity index (χ0n) is 12.9. The second-order valence-corrected chi connectivity index (χ2v) is 5.38. The number of aryl methyl sites for hydroxylation is 1. The van der Waals surface area contributed by atoms with E-state index in [1.807, 2.05) is 38.1 Å². The molecule has 0 aliphatic rings. The molecule has 0 atom stereocenters. The molecule has 0 bridgehead atoms. The molecule has 0 spiro atoms. The van der Waals surface area contributed by atoms with Crippen molar-refractivity contribution in [2.75, 3.05) is 26.7 Å². The number of amides is 2. The number of nitrogens with zero attached hydrogens (tertiary/aromatic N) is 2. The standard InChI is InChI=1S/C16H23ClN2O2/c1-4-19(5-2)16(21)12-18(3)15(20)11-8-13-6-9-14(17)10-7-13/h6-7,9-10H,4-5,8,11-12H2,1-3H3. The Hall–Kier alpha value is -1.55. The van der Waals surface area contributed by atoms with Gasteiger partial charge >= 0.3 is 0 Å². The summed E-state index contributed by atoms with van der Waals surface area (Å²) in [6.45, 7) is 5.35. The first-order valence-electron chi connectivity index (χ1n) is 7.24. The lowest BCUT2D eigenvalue weighted by Gasteiger charge is -2.23. The van der Waals surface area contributed by atoms with Gasteiger partial charge in [-0.1, -0.05) is 23.7 Å². The van der Waals surface area contributed by atoms with E-state index in [0.29, 0.717) is 31.0 Å². The third-order valence-electron chi connectivity index (χ3n) is 3.46. The Kier molecular flexibility index (Phi) is 7.23. The van der Waals surface area contributed by atoms with Gasteiger partial charge in [0.2, 0.25) is 11.8 Å². The van der Waals surface area contributed by atoms with Crippen molar-refractivity contribution >= 4 is 23.4 Å². The van der Waals surface area contributed by atoms with Crippen LogP contribution < -0.4 is 0 Å². The summed E-state index contributed by atoms with van der Waals surface area (Å²) >= 11 is 5.82. The number of benzene rings is 1. The largest absolute Gasteiger partial charge is 0.342 e. The van der Waals surface area contributed by atoms with Gasteiger partial charge in [0.15, 0.2) is 0 Å². The molecule has 0 aromatic heterocycles. The molecule has 2 amide bonds. The summed E-state index contributed by atoms with van der Waals surface area (Å²) in [5.74, 6) is -0.0344. The van der Waals surface area contributed by atoms with Crippen molar-refractivity contribution in [3.63, 3.8) is 0 Å². The van der Waals surface area contributed by atoms with Crippen LogP contribution in [0.4, 0.5) is 0 Å². The van der Waals surface area contributed by atoms with Crippen LogP contribution in [0.25, 0.3) is 0 Å². The van der Waals surface area contributed by atoms with Crippen molar-refractivity contribution in [2.24, 2.45) is 0 Å². The van der Waals surface area contributed by atoms with Crippen LogP contribution in [0.3, 0.4) is 0 Å². The maximum absolute atomic E-state index is 12.0. The fraction of sp³-hybridized carbons (Fsp3) is 0.500. The first kappa shape index (κ1) is 17.5. The molecule has 0 radical (unpaired) electrons. The maximum atomic E-state index is 12.0. The van der Waals surface area contributed by atoms with Gasteiger partial charge in [-0.25, -0.2) is 0 Å². The Bertz CT molecular complexity index is 470. The summed E-state index contributed by atoms with van der Waals surface area (Å²) in [5, 5.41) is 0.687. The molecule has 0 saturated heterocycles. The number of carbonyl (C=O) groups is 2. The molecule has 21 heavy (non-hydrogen) atoms. The average Bonchev–Trinajstić information content (AvgIpc) is 2.47. The highest BCUT2D eigenvalue weighted by molar-refractivity contribution is 6.30.